The van der Waals surface area contributed by atoms with Gasteiger partial charge in [0.1, 0.15) is 5.82 Å². The molecule has 1 aliphatic rings. The lowest BCUT2D eigenvalue weighted by Crippen LogP contribution is -2.50. The van der Waals surface area contributed by atoms with Crippen LogP contribution in [0.1, 0.15) is 25.3 Å². The number of halogens is 2. The minimum Gasteiger partial charge on any atom is -0.314 e. The normalized spacial score (nSPS) is 20.4. The molecule has 0 saturated carbocycles. The lowest BCUT2D eigenvalue weighted by molar-refractivity contribution is 0.144. The highest BCUT2D eigenvalue weighted by Crippen LogP contribution is 2.14. The Kier molecular flexibility index (Phi) is 6.54. The van der Waals surface area contributed by atoms with Gasteiger partial charge in [0, 0.05) is 38.4 Å². The Morgan fingerprint density at radius 2 is 2.33 bits per heavy atom. The van der Waals surface area contributed by atoms with Gasteiger partial charge in [0.2, 0.25) is 0 Å². The maximum absolute atomic E-state index is 13.1. The third-order valence-corrected chi connectivity index (χ3v) is 3.24. The van der Waals surface area contributed by atoms with Gasteiger partial charge in [-0.15, -0.1) is 12.4 Å². The molecule has 0 aliphatic carbocycles. The van der Waals surface area contributed by atoms with Gasteiger partial charge >= 0.3 is 0 Å². The van der Waals surface area contributed by atoms with Gasteiger partial charge < -0.3 is 5.32 Å². The van der Waals surface area contributed by atoms with Crippen LogP contribution < -0.4 is 5.32 Å². The van der Waals surface area contributed by atoms with Crippen LogP contribution >= 0.6 is 12.4 Å². The second-order valence-electron chi connectivity index (χ2n) is 4.63. The molecular formula is C13H21ClFN3. The van der Waals surface area contributed by atoms with Crippen molar-refractivity contribution >= 4 is 12.4 Å². The molecule has 0 bridgehead atoms. The van der Waals surface area contributed by atoms with Crippen LogP contribution in [0.15, 0.2) is 18.5 Å². The quantitative estimate of drug-likeness (QED) is 0.912. The summed E-state index contributed by atoms with van der Waals surface area (Å²) in [5.41, 5.74) is 0.966. The summed E-state index contributed by atoms with van der Waals surface area (Å²) in [5.74, 6) is -0.246. The number of nitrogens with one attached hydrogen (secondary N) is 1. The molecule has 102 valence electrons. The lowest BCUT2D eigenvalue weighted by Gasteiger charge is -2.36. The molecule has 3 nitrogen and oxygen atoms in total. The van der Waals surface area contributed by atoms with Crippen LogP contribution in [0.25, 0.3) is 0 Å². The van der Waals surface area contributed by atoms with E-state index < -0.39 is 0 Å². The third kappa shape index (κ3) is 4.19. The van der Waals surface area contributed by atoms with Crippen LogP contribution in [0.3, 0.4) is 0 Å². The Morgan fingerprint density at radius 3 is 3.06 bits per heavy atom. The molecule has 1 aliphatic heterocycles. The van der Waals surface area contributed by atoms with Crippen LogP contribution in [0.5, 0.6) is 0 Å². The molecular weight excluding hydrogens is 253 g/mol. The maximum atomic E-state index is 13.1. The van der Waals surface area contributed by atoms with Crippen LogP contribution in [0.2, 0.25) is 0 Å². The first-order chi connectivity index (χ1) is 8.29. The van der Waals surface area contributed by atoms with E-state index in [1.54, 1.807) is 12.3 Å². The summed E-state index contributed by atoms with van der Waals surface area (Å²) in [5, 5.41) is 3.42. The SMILES string of the molecule is CCCC1CNCCN1Cc1cncc(F)c1.Cl. The number of rotatable bonds is 4. The van der Waals surface area contributed by atoms with E-state index in [0.29, 0.717) is 6.04 Å². The fourth-order valence-electron chi connectivity index (χ4n) is 2.41. The Labute approximate surface area is 114 Å². The summed E-state index contributed by atoms with van der Waals surface area (Å²) < 4.78 is 13.1. The molecule has 1 unspecified atom stereocenters. The molecule has 1 saturated heterocycles. The summed E-state index contributed by atoms with van der Waals surface area (Å²) >= 11 is 0. The first-order valence-corrected chi connectivity index (χ1v) is 6.33. The van der Waals surface area contributed by atoms with Crippen molar-refractivity contribution in [2.75, 3.05) is 19.6 Å². The van der Waals surface area contributed by atoms with Crippen LogP contribution in [0.4, 0.5) is 4.39 Å². The smallest absolute Gasteiger partial charge is 0.141 e. The largest absolute Gasteiger partial charge is 0.314 e. The molecule has 2 rings (SSSR count). The number of nitrogens with zero attached hydrogens (tertiary/aromatic N) is 2. The summed E-state index contributed by atoms with van der Waals surface area (Å²) in [6.45, 7) is 6.09. The first-order valence-electron chi connectivity index (χ1n) is 6.33. The molecule has 1 fully saturated rings. The highest BCUT2D eigenvalue weighted by atomic mass is 35.5. The molecule has 18 heavy (non-hydrogen) atoms. The predicted octanol–water partition coefficient (Wildman–Crippen LogP) is 2.22. The number of aromatic nitrogens is 1. The summed E-state index contributed by atoms with van der Waals surface area (Å²) in [4.78, 5) is 6.33. The van der Waals surface area contributed by atoms with E-state index in [1.807, 2.05) is 0 Å². The van der Waals surface area contributed by atoms with Gasteiger partial charge in [-0.1, -0.05) is 13.3 Å². The van der Waals surface area contributed by atoms with E-state index in [2.05, 4.69) is 22.1 Å². The number of hydrogen-bond donors (Lipinski definition) is 1. The van der Waals surface area contributed by atoms with Crippen molar-refractivity contribution in [3.05, 3.63) is 29.8 Å². The van der Waals surface area contributed by atoms with Gasteiger partial charge in [-0.05, 0) is 18.1 Å². The van der Waals surface area contributed by atoms with E-state index in [9.17, 15) is 4.39 Å². The number of hydrogen-bond acceptors (Lipinski definition) is 3. The van der Waals surface area contributed by atoms with Crippen molar-refractivity contribution in [1.82, 2.24) is 15.2 Å². The Bertz CT molecular complexity index is 360. The molecule has 1 aromatic heterocycles. The van der Waals surface area contributed by atoms with Gasteiger partial charge in [-0.25, -0.2) is 4.39 Å². The van der Waals surface area contributed by atoms with Crippen molar-refractivity contribution in [3.8, 4) is 0 Å². The number of piperazine rings is 1. The molecule has 0 amide bonds. The van der Waals surface area contributed by atoms with Crippen LogP contribution in [-0.2, 0) is 6.54 Å². The molecule has 0 aromatic carbocycles. The summed E-state index contributed by atoms with van der Waals surface area (Å²) in [6, 6.07) is 2.15. The predicted molar refractivity (Wildman–Crippen MR) is 73.4 cm³/mol. The average molecular weight is 274 g/mol. The van der Waals surface area contributed by atoms with E-state index >= 15 is 0 Å². The van der Waals surface area contributed by atoms with Gasteiger partial charge in [-0.3, -0.25) is 9.88 Å². The number of pyridine rings is 1. The van der Waals surface area contributed by atoms with Gasteiger partial charge in [-0.2, -0.15) is 0 Å². The highest BCUT2D eigenvalue weighted by molar-refractivity contribution is 5.85. The zero-order chi connectivity index (χ0) is 12.1. The molecule has 0 spiro atoms. The standard InChI is InChI=1S/C13H20FN3.ClH/c1-2-3-13-9-15-4-5-17(13)10-11-6-12(14)8-16-7-11;/h6-8,13,15H,2-5,9-10H2,1H3;1H. The van der Waals surface area contributed by atoms with E-state index in [1.165, 1.54) is 19.0 Å². The second-order valence-corrected chi connectivity index (χ2v) is 4.63. The fourth-order valence-corrected chi connectivity index (χ4v) is 2.41. The first kappa shape index (κ1) is 15.3. The maximum Gasteiger partial charge on any atom is 0.141 e. The monoisotopic (exact) mass is 273 g/mol. The molecule has 2 heterocycles. The molecule has 1 atom stereocenters. The van der Waals surface area contributed by atoms with Crippen molar-refractivity contribution in [3.63, 3.8) is 0 Å². The highest BCUT2D eigenvalue weighted by Gasteiger charge is 2.21. The average Bonchev–Trinajstić information content (AvgIpc) is 2.32. The summed E-state index contributed by atoms with van der Waals surface area (Å²) in [7, 11) is 0. The third-order valence-electron chi connectivity index (χ3n) is 3.24. The summed E-state index contributed by atoms with van der Waals surface area (Å²) in [6.07, 6.45) is 5.39. The van der Waals surface area contributed by atoms with Crippen molar-refractivity contribution in [2.24, 2.45) is 0 Å². The minimum atomic E-state index is -0.246. The van der Waals surface area contributed by atoms with Crippen molar-refractivity contribution < 1.29 is 4.39 Å². The Morgan fingerprint density at radius 1 is 1.50 bits per heavy atom. The van der Waals surface area contributed by atoms with Crippen LogP contribution in [0, 0.1) is 5.82 Å². The minimum absolute atomic E-state index is 0. The van der Waals surface area contributed by atoms with Crippen LogP contribution in [-0.4, -0.2) is 35.6 Å². The molecule has 0 radical (unpaired) electrons. The van der Waals surface area contributed by atoms with E-state index in [-0.39, 0.29) is 18.2 Å². The molecule has 1 aromatic rings. The van der Waals surface area contributed by atoms with Crippen molar-refractivity contribution in [2.45, 2.75) is 32.4 Å². The van der Waals surface area contributed by atoms with E-state index in [4.69, 9.17) is 0 Å². The second kappa shape index (κ2) is 7.67. The Hall–Kier alpha value is -0.710. The molecule has 1 N–H and O–H groups in total. The van der Waals surface area contributed by atoms with E-state index in [0.717, 1.165) is 31.7 Å². The zero-order valence-corrected chi connectivity index (χ0v) is 11.5. The lowest BCUT2D eigenvalue weighted by atomic mass is 10.1. The van der Waals surface area contributed by atoms with Gasteiger partial charge in [0.15, 0.2) is 0 Å². The Balaban J connectivity index is 0.00000162. The van der Waals surface area contributed by atoms with Gasteiger partial charge in [0.25, 0.3) is 0 Å². The molecule has 5 heteroatoms. The zero-order valence-electron chi connectivity index (χ0n) is 10.7. The fraction of sp³-hybridized carbons (Fsp3) is 0.615. The topological polar surface area (TPSA) is 28.2 Å². The van der Waals surface area contributed by atoms with Gasteiger partial charge in [0.05, 0.1) is 6.20 Å². The van der Waals surface area contributed by atoms with Crippen molar-refractivity contribution in [1.29, 1.82) is 0 Å².